The minimum absolute atomic E-state index is 0.0565. The van der Waals surface area contributed by atoms with E-state index in [1.165, 1.54) is 17.3 Å². The second kappa shape index (κ2) is 7.14. The van der Waals surface area contributed by atoms with Crippen molar-refractivity contribution in [1.82, 2.24) is 9.88 Å². The second-order valence-electron chi connectivity index (χ2n) is 7.15. The van der Waals surface area contributed by atoms with E-state index in [2.05, 4.69) is 4.98 Å². The van der Waals surface area contributed by atoms with Gasteiger partial charge in [-0.15, -0.1) is 0 Å². The quantitative estimate of drug-likeness (QED) is 0.851. The molecule has 2 aromatic rings. The number of nitrogens with zero attached hydrogens (tertiary/aromatic N) is 3. The Labute approximate surface area is 164 Å². The zero-order valence-electron chi connectivity index (χ0n) is 15.2. The molecular formula is C20H18F3N3O3. The molecule has 3 heterocycles. The first-order valence-corrected chi connectivity index (χ1v) is 9.11. The summed E-state index contributed by atoms with van der Waals surface area (Å²) in [5.41, 5.74) is 1.37. The molecule has 1 saturated heterocycles. The van der Waals surface area contributed by atoms with Crippen molar-refractivity contribution in [2.75, 3.05) is 18.1 Å². The van der Waals surface area contributed by atoms with Crippen molar-refractivity contribution >= 4 is 17.5 Å². The molecule has 9 heteroatoms. The normalized spacial score (nSPS) is 23.1. The molecule has 29 heavy (non-hydrogen) atoms. The van der Waals surface area contributed by atoms with Crippen LogP contribution in [0.15, 0.2) is 48.8 Å². The summed E-state index contributed by atoms with van der Waals surface area (Å²) in [6.45, 7) is -0.350. The van der Waals surface area contributed by atoms with E-state index >= 15 is 0 Å². The predicted octanol–water partition coefficient (Wildman–Crippen LogP) is 2.35. The first-order valence-electron chi connectivity index (χ1n) is 9.11. The molecule has 1 aromatic heterocycles. The molecule has 0 saturated carbocycles. The fourth-order valence-electron chi connectivity index (χ4n) is 4.31. The van der Waals surface area contributed by atoms with Gasteiger partial charge in [-0.3, -0.25) is 14.6 Å². The van der Waals surface area contributed by atoms with Crippen LogP contribution in [0.25, 0.3) is 0 Å². The number of aliphatic hydroxyl groups is 1. The Hall–Kier alpha value is -2.94. The molecule has 4 rings (SSSR count). The lowest BCUT2D eigenvalue weighted by Gasteiger charge is -2.58. The molecule has 0 radical (unpaired) electrons. The highest BCUT2D eigenvalue weighted by molar-refractivity contribution is 5.98. The van der Waals surface area contributed by atoms with Crippen LogP contribution in [-0.2, 0) is 4.79 Å². The van der Waals surface area contributed by atoms with Crippen molar-refractivity contribution in [1.29, 1.82) is 0 Å². The van der Waals surface area contributed by atoms with E-state index in [1.54, 1.807) is 36.4 Å². The van der Waals surface area contributed by atoms with Gasteiger partial charge in [-0.2, -0.15) is 13.2 Å². The number of pyridine rings is 1. The fraction of sp³-hybridized carbons (Fsp3) is 0.350. The van der Waals surface area contributed by atoms with Gasteiger partial charge in [0.1, 0.15) is 6.42 Å². The van der Waals surface area contributed by atoms with Crippen LogP contribution in [-0.4, -0.2) is 58.2 Å². The number of amides is 2. The van der Waals surface area contributed by atoms with E-state index in [-0.39, 0.29) is 25.0 Å². The summed E-state index contributed by atoms with van der Waals surface area (Å²) >= 11 is 0. The van der Waals surface area contributed by atoms with E-state index in [1.807, 2.05) is 0 Å². The third-order valence-electron chi connectivity index (χ3n) is 5.48. The van der Waals surface area contributed by atoms with Gasteiger partial charge in [0.15, 0.2) is 0 Å². The fourth-order valence-corrected chi connectivity index (χ4v) is 4.31. The number of anilines is 1. The van der Waals surface area contributed by atoms with Gasteiger partial charge in [-0.25, -0.2) is 0 Å². The molecule has 0 unspecified atom stereocenters. The molecule has 6 nitrogen and oxygen atoms in total. The lowest BCUT2D eigenvalue weighted by atomic mass is 9.71. The van der Waals surface area contributed by atoms with Crippen molar-refractivity contribution in [3.05, 3.63) is 59.9 Å². The number of hydrogen-bond donors (Lipinski definition) is 1. The van der Waals surface area contributed by atoms with E-state index in [9.17, 15) is 27.9 Å². The molecule has 0 spiro atoms. The van der Waals surface area contributed by atoms with Crippen LogP contribution >= 0.6 is 0 Å². The van der Waals surface area contributed by atoms with E-state index in [0.29, 0.717) is 16.8 Å². The zero-order chi connectivity index (χ0) is 20.8. The molecule has 152 valence electrons. The number of fused-ring (bicyclic) bond motifs is 3. The Morgan fingerprint density at radius 1 is 1.17 bits per heavy atom. The summed E-state index contributed by atoms with van der Waals surface area (Å²) in [7, 11) is 0. The Morgan fingerprint density at radius 2 is 1.93 bits per heavy atom. The van der Waals surface area contributed by atoms with Gasteiger partial charge < -0.3 is 14.9 Å². The number of carbonyl (C=O) groups excluding carboxylic acids is 2. The number of hydrogen-bond acceptors (Lipinski definition) is 4. The van der Waals surface area contributed by atoms with E-state index in [4.69, 9.17) is 0 Å². The summed E-state index contributed by atoms with van der Waals surface area (Å²) in [6, 6.07) is 8.86. The van der Waals surface area contributed by atoms with Crippen LogP contribution in [0.5, 0.6) is 0 Å². The molecular weight excluding hydrogens is 387 g/mol. The van der Waals surface area contributed by atoms with Crippen molar-refractivity contribution < 1.29 is 27.9 Å². The molecule has 1 aromatic carbocycles. The van der Waals surface area contributed by atoms with Crippen LogP contribution in [0.2, 0.25) is 0 Å². The van der Waals surface area contributed by atoms with Gasteiger partial charge in [0.25, 0.3) is 5.91 Å². The summed E-state index contributed by atoms with van der Waals surface area (Å²) < 4.78 is 38.4. The molecule has 0 bridgehead atoms. The average Bonchev–Trinajstić information content (AvgIpc) is 2.67. The van der Waals surface area contributed by atoms with E-state index < -0.39 is 30.6 Å². The van der Waals surface area contributed by atoms with Gasteiger partial charge in [-0.1, -0.05) is 18.2 Å². The van der Waals surface area contributed by atoms with E-state index in [0.717, 1.165) is 4.90 Å². The third kappa shape index (κ3) is 3.35. The first kappa shape index (κ1) is 19.4. The smallest absolute Gasteiger partial charge is 0.394 e. The van der Waals surface area contributed by atoms with Crippen LogP contribution in [0.4, 0.5) is 18.9 Å². The first-order chi connectivity index (χ1) is 13.8. The number of halogens is 3. The summed E-state index contributed by atoms with van der Waals surface area (Å²) in [5.74, 6) is -1.70. The monoisotopic (exact) mass is 405 g/mol. The number of aromatic nitrogens is 1. The summed E-state index contributed by atoms with van der Waals surface area (Å²) in [5, 5.41) is 9.91. The zero-order valence-corrected chi connectivity index (χ0v) is 15.2. The van der Waals surface area contributed by atoms with Gasteiger partial charge in [0, 0.05) is 30.5 Å². The molecule has 1 N–H and O–H groups in total. The Bertz CT molecular complexity index is 935. The van der Waals surface area contributed by atoms with Crippen LogP contribution in [0.3, 0.4) is 0 Å². The maximum atomic E-state index is 13.0. The molecule has 2 aliphatic rings. The van der Waals surface area contributed by atoms with Crippen LogP contribution in [0, 0.1) is 0 Å². The number of benzene rings is 1. The lowest BCUT2D eigenvalue weighted by Crippen LogP contribution is -2.70. The maximum absolute atomic E-state index is 13.0. The Morgan fingerprint density at radius 3 is 2.59 bits per heavy atom. The van der Waals surface area contributed by atoms with Gasteiger partial charge in [-0.05, 0) is 23.8 Å². The van der Waals surface area contributed by atoms with Crippen molar-refractivity contribution in [3.63, 3.8) is 0 Å². The second-order valence-corrected chi connectivity index (χ2v) is 7.15. The maximum Gasteiger partial charge on any atom is 0.397 e. The predicted molar refractivity (Wildman–Crippen MR) is 97.3 cm³/mol. The standard InChI is InChI=1S/C20H18F3N3O3/c21-20(22,23)8-17(28)25-10-15-18(13-5-1-2-6-14(13)25)16(11-27)26(15)19(29)12-4-3-7-24-9-12/h1-7,9,15-16,18,27H,8,10-11H2/t15-,16+,18+/m1/s1. The molecule has 2 amide bonds. The minimum Gasteiger partial charge on any atom is -0.394 e. The molecule has 3 atom stereocenters. The number of aliphatic hydroxyl groups excluding tert-OH is 1. The molecule has 2 aliphatic heterocycles. The topological polar surface area (TPSA) is 73.7 Å². The molecule has 1 fully saturated rings. The highest BCUT2D eigenvalue weighted by atomic mass is 19.4. The number of likely N-dealkylation sites (tertiary alicyclic amines) is 1. The SMILES string of the molecule is O=C(CC(F)(F)F)N1C[C@@H]2[C@H](c3ccccc31)[C@H](CO)N2C(=O)c1cccnc1. The third-order valence-corrected chi connectivity index (χ3v) is 5.48. The lowest BCUT2D eigenvalue weighted by molar-refractivity contribution is -0.152. The van der Waals surface area contributed by atoms with Gasteiger partial charge in [0.05, 0.1) is 24.3 Å². The van der Waals surface area contributed by atoms with Crippen LogP contribution < -0.4 is 4.90 Å². The highest BCUT2D eigenvalue weighted by Crippen LogP contribution is 2.48. The molecule has 0 aliphatic carbocycles. The highest BCUT2D eigenvalue weighted by Gasteiger charge is 2.55. The van der Waals surface area contributed by atoms with Crippen molar-refractivity contribution in [2.24, 2.45) is 0 Å². The summed E-state index contributed by atoms with van der Waals surface area (Å²) in [4.78, 5) is 31.8. The number of rotatable bonds is 3. The van der Waals surface area contributed by atoms with Crippen LogP contribution in [0.1, 0.15) is 28.3 Å². The Kier molecular flexibility index (Phi) is 4.77. The van der Waals surface area contributed by atoms with Gasteiger partial charge >= 0.3 is 6.18 Å². The van der Waals surface area contributed by atoms with Crippen molar-refractivity contribution in [3.8, 4) is 0 Å². The largest absolute Gasteiger partial charge is 0.397 e. The summed E-state index contributed by atoms with van der Waals surface area (Å²) in [6.07, 6.45) is -3.28. The average molecular weight is 405 g/mol. The number of carbonyl (C=O) groups is 2. The minimum atomic E-state index is -4.62. The number of para-hydroxylation sites is 1. The van der Waals surface area contributed by atoms with Gasteiger partial charge in [0.2, 0.25) is 5.91 Å². The Balaban J connectivity index is 1.69. The number of alkyl halides is 3. The van der Waals surface area contributed by atoms with Crippen molar-refractivity contribution in [2.45, 2.75) is 30.6 Å².